The van der Waals surface area contributed by atoms with Crippen molar-refractivity contribution in [2.75, 3.05) is 11.9 Å². The summed E-state index contributed by atoms with van der Waals surface area (Å²) in [5.74, 6) is 1.79. The monoisotopic (exact) mass is 263 g/mol. The molecule has 0 aromatic carbocycles. The van der Waals surface area contributed by atoms with E-state index in [0.717, 1.165) is 29.5 Å². The van der Waals surface area contributed by atoms with Crippen LogP contribution in [0, 0.1) is 12.8 Å². The molecular weight excluding hydrogens is 242 g/mol. The van der Waals surface area contributed by atoms with Gasteiger partial charge in [-0.2, -0.15) is 0 Å². The van der Waals surface area contributed by atoms with Crippen molar-refractivity contribution in [3.8, 4) is 0 Å². The summed E-state index contributed by atoms with van der Waals surface area (Å²) in [6, 6.07) is 3.86. The van der Waals surface area contributed by atoms with Crippen LogP contribution in [0.4, 0.5) is 5.82 Å². The molecule has 0 saturated heterocycles. The number of thiocarbonyl (C=S) groups is 1. The molecule has 0 aliphatic heterocycles. The molecule has 0 bridgehead atoms. The van der Waals surface area contributed by atoms with E-state index in [9.17, 15) is 0 Å². The summed E-state index contributed by atoms with van der Waals surface area (Å²) in [5.41, 5.74) is 7.49. The van der Waals surface area contributed by atoms with E-state index < -0.39 is 0 Å². The average molecular weight is 263 g/mol. The zero-order valence-corrected chi connectivity index (χ0v) is 11.7. The number of nitrogens with two attached hydrogens (primary N) is 1. The van der Waals surface area contributed by atoms with Gasteiger partial charge >= 0.3 is 0 Å². The quantitative estimate of drug-likeness (QED) is 0.802. The molecule has 1 heterocycles. The predicted molar refractivity (Wildman–Crippen MR) is 79.9 cm³/mol. The Kier molecular flexibility index (Phi) is 4.53. The number of hydrogen-bond donors (Lipinski definition) is 2. The lowest BCUT2D eigenvalue weighted by Gasteiger charge is -2.11. The van der Waals surface area contributed by atoms with Gasteiger partial charge in [0.2, 0.25) is 0 Å². The summed E-state index contributed by atoms with van der Waals surface area (Å²) >= 11 is 5.00. The number of nitrogens with zero attached hydrogens (tertiary/aromatic N) is 1. The van der Waals surface area contributed by atoms with Crippen molar-refractivity contribution in [2.24, 2.45) is 11.7 Å². The van der Waals surface area contributed by atoms with Crippen LogP contribution < -0.4 is 11.1 Å². The summed E-state index contributed by atoms with van der Waals surface area (Å²) in [4.78, 5) is 4.88. The molecule has 1 aromatic heterocycles. The topological polar surface area (TPSA) is 50.9 Å². The predicted octanol–water partition coefficient (Wildman–Crippen LogP) is 3.02. The molecule has 2 rings (SSSR count). The average Bonchev–Trinajstić information content (AvgIpc) is 2.81. The maximum Gasteiger partial charge on any atom is 0.126 e. The van der Waals surface area contributed by atoms with Crippen molar-refractivity contribution in [3.05, 3.63) is 23.4 Å². The molecule has 1 fully saturated rings. The van der Waals surface area contributed by atoms with Crippen molar-refractivity contribution in [1.29, 1.82) is 0 Å². The number of nitrogens with one attached hydrogen (secondary N) is 1. The lowest BCUT2D eigenvalue weighted by molar-refractivity contribution is 0.518. The van der Waals surface area contributed by atoms with Crippen LogP contribution in [0.2, 0.25) is 0 Å². The van der Waals surface area contributed by atoms with Crippen molar-refractivity contribution < 1.29 is 0 Å². The first kappa shape index (κ1) is 13.3. The summed E-state index contributed by atoms with van der Waals surface area (Å²) in [6.45, 7) is 2.95. The molecule has 0 spiro atoms. The van der Waals surface area contributed by atoms with Crippen LogP contribution in [-0.4, -0.2) is 16.5 Å². The highest BCUT2D eigenvalue weighted by Gasteiger charge is 2.14. The Morgan fingerprint density at radius 3 is 2.83 bits per heavy atom. The molecule has 0 radical (unpaired) electrons. The first-order chi connectivity index (χ1) is 8.65. The maximum absolute atomic E-state index is 5.66. The van der Waals surface area contributed by atoms with Gasteiger partial charge in [-0.05, 0) is 31.4 Å². The maximum atomic E-state index is 5.66. The van der Waals surface area contributed by atoms with Crippen molar-refractivity contribution in [1.82, 2.24) is 4.98 Å². The summed E-state index contributed by atoms with van der Waals surface area (Å²) < 4.78 is 0. The van der Waals surface area contributed by atoms with Gasteiger partial charge in [0.25, 0.3) is 0 Å². The number of aromatic nitrogens is 1. The fraction of sp³-hybridized carbons (Fsp3) is 0.571. The summed E-state index contributed by atoms with van der Waals surface area (Å²) in [6.07, 6.45) is 6.82. The first-order valence-electron chi connectivity index (χ1n) is 6.67. The third kappa shape index (κ3) is 3.67. The Morgan fingerprint density at radius 2 is 2.17 bits per heavy atom. The summed E-state index contributed by atoms with van der Waals surface area (Å²) in [7, 11) is 0. The third-order valence-electron chi connectivity index (χ3n) is 3.57. The van der Waals surface area contributed by atoms with Crippen LogP contribution in [0.5, 0.6) is 0 Å². The van der Waals surface area contributed by atoms with Gasteiger partial charge in [0.1, 0.15) is 10.8 Å². The van der Waals surface area contributed by atoms with Crippen LogP contribution in [0.25, 0.3) is 0 Å². The van der Waals surface area contributed by atoms with Gasteiger partial charge in [-0.25, -0.2) is 4.98 Å². The molecular formula is C14H21N3S. The Morgan fingerprint density at radius 1 is 1.44 bits per heavy atom. The standard InChI is InChI=1S/C14H21N3S/c1-10-8-12(14(15)18)9-13(17-10)16-7-6-11-4-2-3-5-11/h8-9,11H,2-7H2,1H3,(H2,15,18)(H,16,17). The Hall–Kier alpha value is -1.16. The molecule has 18 heavy (non-hydrogen) atoms. The molecule has 98 valence electrons. The second-order valence-corrected chi connectivity index (χ2v) is 5.55. The molecule has 1 aliphatic rings. The normalized spacial score (nSPS) is 15.8. The van der Waals surface area contributed by atoms with Crippen LogP contribution in [0.1, 0.15) is 43.4 Å². The van der Waals surface area contributed by atoms with Crippen LogP contribution in [-0.2, 0) is 0 Å². The summed E-state index contributed by atoms with van der Waals surface area (Å²) in [5, 5.41) is 3.38. The van der Waals surface area contributed by atoms with E-state index in [1.807, 2.05) is 19.1 Å². The largest absolute Gasteiger partial charge is 0.389 e. The molecule has 1 aliphatic carbocycles. The Bertz CT molecular complexity index is 425. The van der Waals surface area contributed by atoms with Crippen molar-refractivity contribution >= 4 is 23.0 Å². The lowest BCUT2D eigenvalue weighted by Crippen LogP contribution is -2.12. The molecule has 1 saturated carbocycles. The van der Waals surface area contributed by atoms with E-state index in [1.165, 1.54) is 32.1 Å². The molecule has 0 amide bonds. The zero-order chi connectivity index (χ0) is 13.0. The van der Waals surface area contributed by atoms with E-state index in [1.54, 1.807) is 0 Å². The van der Waals surface area contributed by atoms with Crippen LogP contribution >= 0.6 is 12.2 Å². The van der Waals surface area contributed by atoms with Gasteiger partial charge < -0.3 is 11.1 Å². The fourth-order valence-corrected chi connectivity index (χ4v) is 2.72. The molecule has 4 heteroatoms. The van der Waals surface area contributed by atoms with Gasteiger partial charge in [-0.1, -0.05) is 37.9 Å². The van der Waals surface area contributed by atoms with E-state index >= 15 is 0 Å². The molecule has 0 atom stereocenters. The third-order valence-corrected chi connectivity index (χ3v) is 3.81. The number of pyridine rings is 1. The number of anilines is 1. The van der Waals surface area contributed by atoms with Crippen molar-refractivity contribution in [2.45, 2.75) is 39.0 Å². The van der Waals surface area contributed by atoms with E-state index in [0.29, 0.717) is 4.99 Å². The minimum absolute atomic E-state index is 0.430. The minimum Gasteiger partial charge on any atom is -0.389 e. The molecule has 0 unspecified atom stereocenters. The SMILES string of the molecule is Cc1cc(C(N)=S)cc(NCCC2CCCC2)n1. The Balaban J connectivity index is 1.89. The van der Waals surface area contributed by atoms with Gasteiger partial charge in [-0.3, -0.25) is 0 Å². The van der Waals surface area contributed by atoms with Gasteiger partial charge in [0, 0.05) is 17.8 Å². The molecule has 1 aromatic rings. The van der Waals surface area contributed by atoms with Crippen LogP contribution in [0.3, 0.4) is 0 Å². The van der Waals surface area contributed by atoms with Crippen molar-refractivity contribution in [3.63, 3.8) is 0 Å². The highest BCUT2D eigenvalue weighted by molar-refractivity contribution is 7.80. The fourth-order valence-electron chi connectivity index (χ4n) is 2.60. The number of aryl methyl sites for hydroxylation is 1. The first-order valence-corrected chi connectivity index (χ1v) is 7.08. The second kappa shape index (κ2) is 6.14. The highest BCUT2D eigenvalue weighted by atomic mass is 32.1. The van der Waals surface area contributed by atoms with Gasteiger partial charge in [0.15, 0.2) is 0 Å². The number of hydrogen-bond acceptors (Lipinski definition) is 3. The smallest absolute Gasteiger partial charge is 0.126 e. The van der Waals surface area contributed by atoms with Gasteiger partial charge in [0.05, 0.1) is 0 Å². The molecule has 3 nitrogen and oxygen atoms in total. The molecule has 3 N–H and O–H groups in total. The van der Waals surface area contributed by atoms with Crippen LogP contribution in [0.15, 0.2) is 12.1 Å². The van der Waals surface area contributed by atoms with E-state index in [2.05, 4.69) is 10.3 Å². The van der Waals surface area contributed by atoms with Gasteiger partial charge in [-0.15, -0.1) is 0 Å². The lowest BCUT2D eigenvalue weighted by atomic mass is 10.0. The Labute approximate surface area is 114 Å². The second-order valence-electron chi connectivity index (χ2n) is 5.11. The zero-order valence-electron chi connectivity index (χ0n) is 10.9. The van der Waals surface area contributed by atoms with E-state index in [-0.39, 0.29) is 0 Å². The van der Waals surface area contributed by atoms with E-state index in [4.69, 9.17) is 18.0 Å². The highest BCUT2D eigenvalue weighted by Crippen LogP contribution is 2.27. The number of rotatable bonds is 5. The minimum atomic E-state index is 0.430.